The lowest BCUT2D eigenvalue weighted by Gasteiger charge is -2.16. The van der Waals surface area contributed by atoms with Crippen LogP contribution in [0.2, 0.25) is 0 Å². The van der Waals surface area contributed by atoms with E-state index in [1.54, 1.807) is 0 Å². The smallest absolute Gasteiger partial charge is 0.165 e. The van der Waals surface area contributed by atoms with Crippen LogP contribution in [0.3, 0.4) is 0 Å². The fourth-order valence-corrected chi connectivity index (χ4v) is 1.79. The predicted octanol–water partition coefficient (Wildman–Crippen LogP) is 3.09. The van der Waals surface area contributed by atoms with Crippen LogP contribution in [0, 0.1) is 0 Å². The van der Waals surface area contributed by atoms with Gasteiger partial charge in [-0.2, -0.15) is 0 Å². The molecule has 0 aliphatic rings. The third-order valence-electron chi connectivity index (χ3n) is 2.70. The van der Waals surface area contributed by atoms with Gasteiger partial charge in [-0.25, -0.2) is 0 Å². The van der Waals surface area contributed by atoms with Crippen molar-refractivity contribution in [3.05, 3.63) is 35.9 Å². The fourth-order valence-electron chi connectivity index (χ4n) is 1.79. The highest BCUT2D eigenvalue weighted by molar-refractivity contribution is 5.96. The Bertz CT molecular complexity index is 335. The lowest BCUT2D eigenvalue weighted by molar-refractivity contribution is 0.0255. The van der Waals surface area contributed by atoms with Gasteiger partial charge in [0.25, 0.3) is 0 Å². The van der Waals surface area contributed by atoms with Gasteiger partial charge in [0.15, 0.2) is 5.78 Å². The van der Waals surface area contributed by atoms with E-state index in [-0.39, 0.29) is 11.9 Å². The number of hydrogen-bond acceptors (Lipinski definition) is 3. The van der Waals surface area contributed by atoms with Crippen LogP contribution in [0.4, 0.5) is 0 Å². The first-order chi connectivity index (χ1) is 8.77. The van der Waals surface area contributed by atoms with Crippen LogP contribution in [0.25, 0.3) is 0 Å². The van der Waals surface area contributed by atoms with E-state index in [0.717, 1.165) is 12.0 Å². The van der Waals surface area contributed by atoms with Gasteiger partial charge in [0.2, 0.25) is 0 Å². The number of carbonyl (C=O) groups is 1. The van der Waals surface area contributed by atoms with E-state index in [1.165, 1.54) is 0 Å². The average molecular weight is 250 g/mol. The first kappa shape index (κ1) is 14.9. The molecule has 0 amide bonds. The maximum Gasteiger partial charge on any atom is 0.165 e. The molecule has 0 N–H and O–H groups in total. The van der Waals surface area contributed by atoms with Crippen molar-refractivity contribution in [1.29, 1.82) is 0 Å². The Morgan fingerprint density at radius 1 is 1.17 bits per heavy atom. The number of hydrogen-bond donors (Lipinski definition) is 0. The number of benzene rings is 1. The zero-order valence-corrected chi connectivity index (χ0v) is 11.2. The minimum absolute atomic E-state index is 0.0470. The van der Waals surface area contributed by atoms with Gasteiger partial charge in [0, 0.05) is 31.8 Å². The molecule has 1 aromatic rings. The number of ketones is 1. The predicted molar refractivity (Wildman–Crippen MR) is 71.9 cm³/mol. The van der Waals surface area contributed by atoms with Gasteiger partial charge >= 0.3 is 0 Å². The molecule has 3 nitrogen and oxygen atoms in total. The van der Waals surface area contributed by atoms with Crippen LogP contribution in [0.1, 0.15) is 37.0 Å². The van der Waals surface area contributed by atoms with E-state index >= 15 is 0 Å². The Balaban J connectivity index is 2.47. The van der Waals surface area contributed by atoms with Gasteiger partial charge < -0.3 is 9.47 Å². The summed E-state index contributed by atoms with van der Waals surface area (Å²) in [4.78, 5) is 12.0. The van der Waals surface area contributed by atoms with E-state index in [2.05, 4.69) is 0 Å². The normalized spacial score (nSPS) is 12.3. The molecule has 0 heterocycles. The Morgan fingerprint density at radius 3 is 2.50 bits per heavy atom. The van der Waals surface area contributed by atoms with Crippen molar-refractivity contribution >= 4 is 5.78 Å². The summed E-state index contributed by atoms with van der Waals surface area (Å²) in [6.07, 6.45) is 1.14. The van der Waals surface area contributed by atoms with Gasteiger partial charge in [0.1, 0.15) is 0 Å². The molecule has 0 spiro atoms. The summed E-state index contributed by atoms with van der Waals surface area (Å²) >= 11 is 0. The Hall–Kier alpha value is -1.19. The third-order valence-corrected chi connectivity index (χ3v) is 2.70. The molecule has 3 heteroatoms. The lowest BCUT2D eigenvalue weighted by atomic mass is 10.0. The zero-order chi connectivity index (χ0) is 13.2. The molecule has 0 radical (unpaired) electrons. The highest BCUT2D eigenvalue weighted by Crippen LogP contribution is 2.11. The molecule has 0 bridgehead atoms. The molecular formula is C15H22O3. The highest BCUT2D eigenvalue weighted by Gasteiger charge is 2.15. The molecule has 1 unspecified atom stereocenters. The van der Waals surface area contributed by atoms with Crippen molar-refractivity contribution in [2.24, 2.45) is 0 Å². The van der Waals surface area contributed by atoms with Crippen molar-refractivity contribution in [2.45, 2.75) is 32.8 Å². The Morgan fingerprint density at radius 2 is 1.89 bits per heavy atom. The molecular weight excluding hydrogens is 228 g/mol. The van der Waals surface area contributed by atoms with Crippen LogP contribution in [-0.4, -0.2) is 31.7 Å². The second kappa shape index (κ2) is 8.84. The van der Waals surface area contributed by atoms with Crippen molar-refractivity contribution in [1.82, 2.24) is 0 Å². The van der Waals surface area contributed by atoms with E-state index in [9.17, 15) is 4.79 Å². The maximum absolute atomic E-state index is 12.0. The molecule has 0 aromatic heterocycles. The van der Waals surface area contributed by atoms with Crippen molar-refractivity contribution in [3.8, 4) is 0 Å². The molecule has 1 rings (SSSR count). The summed E-state index contributed by atoms with van der Waals surface area (Å²) in [6, 6.07) is 9.35. The van der Waals surface area contributed by atoms with Gasteiger partial charge in [0.05, 0.1) is 6.10 Å². The van der Waals surface area contributed by atoms with Crippen molar-refractivity contribution in [2.75, 3.05) is 19.8 Å². The molecule has 0 saturated heterocycles. The largest absolute Gasteiger partial charge is 0.382 e. The fraction of sp³-hybridized carbons (Fsp3) is 0.533. The number of rotatable bonds is 9. The average Bonchev–Trinajstić information content (AvgIpc) is 2.40. The second-order valence-corrected chi connectivity index (χ2v) is 4.06. The van der Waals surface area contributed by atoms with E-state index < -0.39 is 0 Å². The molecule has 1 atom stereocenters. The first-order valence-electron chi connectivity index (χ1n) is 6.55. The summed E-state index contributed by atoms with van der Waals surface area (Å²) < 4.78 is 10.9. The van der Waals surface area contributed by atoms with E-state index in [0.29, 0.717) is 26.2 Å². The molecule has 0 aliphatic carbocycles. The molecule has 18 heavy (non-hydrogen) atoms. The van der Waals surface area contributed by atoms with Gasteiger partial charge in [-0.05, 0) is 20.3 Å². The van der Waals surface area contributed by atoms with Crippen LogP contribution in [-0.2, 0) is 9.47 Å². The highest BCUT2D eigenvalue weighted by atomic mass is 16.5. The maximum atomic E-state index is 12.0. The molecule has 1 aromatic carbocycles. The summed E-state index contributed by atoms with van der Waals surface area (Å²) in [6.45, 7) is 5.87. The Kier molecular flexibility index (Phi) is 7.30. The topological polar surface area (TPSA) is 35.5 Å². The molecule has 0 saturated carbocycles. The van der Waals surface area contributed by atoms with Gasteiger partial charge in [-0.15, -0.1) is 0 Å². The number of Topliss-reactive ketones (excluding diaryl/α,β-unsaturated/α-hetero) is 1. The second-order valence-electron chi connectivity index (χ2n) is 4.06. The third kappa shape index (κ3) is 5.43. The standard InChI is InChI=1S/C15H22O3/c1-3-17-11-10-14(18-4-2)12-15(16)13-8-6-5-7-9-13/h5-9,14H,3-4,10-12H2,1-2H3. The quantitative estimate of drug-likeness (QED) is 0.499. The van der Waals surface area contributed by atoms with Crippen LogP contribution >= 0.6 is 0 Å². The minimum Gasteiger partial charge on any atom is -0.382 e. The van der Waals surface area contributed by atoms with Crippen LogP contribution in [0.15, 0.2) is 30.3 Å². The monoisotopic (exact) mass is 250 g/mol. The van der Waals surface area contributed by atoms with Crippen molar-refractivity contribution < 1.29 is 14.3 Å². The van der Waals surface area contributed by atoms with Gasteiger partial charge in [-0.3, -0.25) is 4.79 Å². The number of ether oxygens (including phenoxy) is 2. The first-order valence-corrected chi connectivity index (χ1v) is 6.55. The minimum atomic E-state index is -0.0470. The van der Waals surface area contributed by atoms with Crippen LogP contribution in [0.5, 0.6) is 0 Å². The molecule has 100 valence electrons. The van der Waals surface area contributed by atoms with E-state index in [1.807, 2.05) is 44.2 Å². The zero-order valence-electron chi connectivity index (χ0n) is 11.2. The lowest BCUT2D eigenvalue weighted by Crippen LogP contribution is -2.20. The van der Waals surface area contributed by atoms with Crippen molar-refractivity contribution in [3.63, 3.8) is 0 Å². The van der Waals surface area contributed by atoms with E-state index in [4.69, 9.17) is 9.47 Å². The summed E-state index contributed by atoms with van der Waals surface area (Å²) in [7, 11) is 0. The SMILES string of the molecule is CCOCCC(CC(=O)c1ccccc1)OCC. The summed E-state index contributed by atoms with van der Waals surface area (Å²) in [5.74, 6) is 0.130. The molecule has 0 aliphatic heterocycles. The Labute approximate surface area is 109 Å². The number of carbonyl (C=O) groups excluding carboxylic acids is 1. The summed E-state index contributed by atoms with van der Waals surface area (Å²) in [5, 5.41) is 0. The van der Waals surface area contributed by atoms with Gasteiger partial charge in [-0.1, -0.05) is 30.3 Å². The van der Waals surface area contributed by atoms with Crippen LogP contribution < -0.4 is 0 Å². The summed E-state index contributed by atoms with van der Waals surface area (Å²) in [5.41, 5.74) is 0.749. The molecule has 0 fully saturated rings.